The first-order valence-electron chi connectivity index (χ1n) is 5.72. The molecule has 106 valence electrons. The Balaban J connectivity index is 2.31. The molecule has 0 radical (unpaired) electrons. The van der Waals surface area contributed by atoms with Crippen LogP contribution in [0.15, 0.2) is 34.9 Å². The number of hydrogen-bond donors (Lipinski definition) is 2. The van der Waals surface area contributed by atoms with Crippen LogP contribution >= 0.6 is 39.1 Å². The van der Waals surface area contributed by atoms with Crippen LogP contribution in [-0.4, -0.2) is 4.98 Å². The minimum atomic E-state index is -0.413. The van der Waals surface area contributed by atoms with Crippen molar-refractivity contribution in [2.45, 2.75) is 12.5 Å². The smallest absolute Gasteiger partial charge is 0.126 e. The van der Waals surface area contributed by atoms with Gasteiger partial charge >= 0.3 is 0 Å². The van der Waals surface area contributed by atoms with Crippen molar-refractivity contribution in [1.29, 1.82) is 0 Å². The van der Waals surface area contributed by atoms with Gasteiger partial charge < -0.3 is 0 Å². The van der Waals surface area contributed by atoms with Crippen LogP contribution in [0, 0.1) is 5.82 Å². The minimum Gasteiger partial charge on any atom is -0.271 e. The summed E-state index contributed by atoms with van der Waals surface area (Å²) in [5.74, 6) is 5.22. The number of halogens is 4. The van der Waals surface area contributed by atoms with Crippen molar-refractivity contribution in [2.75, 3.05) is 0 Å². The van der Waals surface area contributed by atoms with Crippen molar-refractivity contribution < 1.29 is 4.39 Å². The first kappa shape index (κ1) is 15.7. The lowest BCUT2D eigenvalue weighted by Gasteiger charge is -2.17. The number of aromatic nitrogens is 1. The molecular formula is C13H11BrCl2FN3. The van der Waals surface area contributed by atoms with Gasteiger partial charge in [-0.2, -0.15) is 0 Å². The Morgan fingerprint density at radius 2 is 2.10 bits per heavy atom. The van der Waals surface area contributed by atoms with Gasteiger partial charge in [-0.15, -0.1) is 0 Å². The summed E-state index contributed by atoms with van der Waals surface area (Å²) in [6.45, 7) is 0. The maximum Gasteiger partial charge on any atom is 0.126 e. The third-order valence-electron chi connectivity index (χ3n) is 2.80. The molecule has 3 N–H and O–H groups in total. The molecule has 0 fully saturated rings. The van der Waals surface area contributed by atoms with Crippen LogP contribution in [0.4, 0.5) is 4.39 Å². The Bertz CT molecular complexity index is 625. The Morgan fingerprint density at radius 3 is 2.75 bits per heavy atom. The summed E-state index contributed by atoms with van der Waals surface area (Å²) < 4.78 is 14.6. The van der Waals surface area contributed by atoms with Crippen LogP contribution in [0.1, 0.15) is 17.3 Å². The van der Waals surface area contributed by atoms with E-state index >= 15 is 0 Å². The summed E-state index contributed by atoms with van der Waals surface area (Å²) in [7, 11) is 0. The third kappa shape index (κ3) is 3.68. The second-order valence-electron chi connectivity index (χ2n) is 4.18. The highest BCUT2D eigenvalue weighted by Gasteiger charge is 2.18. The zero-order chi connectivity index (χ0) is 14.7. The molecule has 2 aromatic rings. The molecule has 2 rings (SSSR count). The monoisotopic (exact) mass is 377 g/mol. The van der Waals surface area contributed by atoms with Gasteiger partial charge in [0.25, 0.3) is 0 Å². The molecule has 1 aromatic heterocycles. The first-order chi connectivity index (χ1) is 9.51. The van der Waals surface area contributed by atoms with Crippen LogP contribution in [0.2, 0.25) is 10.0 Å². The number of nitrogens with two attached hydrogens (primary N) is 1. The third-order valence-corrected chi connectivity index (χ3v) is 3.80. The highest BCUT2D eigenvalue weighted by molar-refractivity contribution is 9.10. The van der Waals surface area contributed by atoms with Gasteiger partial charge in [0.05, 0.1) is 21.8 Å². The van der Waals surface area contributed by atoms with Crippen LogP contribution in [-0.2, 0) is 6.42 Å². The van der Waals surface area contributed by atoms with Crippen LogP contribution in [0.5, 0.6) is 0 Å². The van der Waals surface area contributed by atoms with Crippen molar-refractivity contribution in [1.82, 2.24) is 10.4 Å². The predicted molar refractivity (Wildman–Crippen MR) is 82.1 cm³/mol. The van der Waals surface area contributed by atoms with Gasteiger partial charge in [-0.05, 0) is 36.2 Å². The molecule has 0 saturated heterocycles. The van der Waals surface area contributed by atoms with Gasteiger partial charge in [-0.1, -0.05) is 39.1 Å². The van der Waals surface area contributed by atoms with Crippen LogP contribution in [0.25, 0.3) is 0 Å². The molecule has 0 bridgehead atoms. The maximum atomic E-state index is 13.8. The average molecular weight is 379 g/mol. The number of rotatable bonds is 4. The second kappa shape index (κ2) is 6.83. The molecule has 1 heterocycles. The van der Waals surface area contributed by atoms with Gasteiger partial charge in [-0.25, -0.2) is 4.39 Å². The fraction of sp³-hybridized carbons (Fsp3) is 0.154. The summed E-state index contributed by atoms with van der Waals surface area (Å²) in [6, 6.07) is 5.89. The topological polar surface area (TPSA) is 50.9 Å². The standard InChI is InChI=1S/C13H11BrCl2FN3/c14-8-1-2-11(17)7(3-8)4-12(20-18)13-10(16)5-9(15)6-19-13/h1-3,5-6,12,20H,4,18H2. The molecule has 7 heteroatoms. The Morgan fingerprint density at radius 1 is 1.35 bits per heavy atom. The molecule has 0 amide bonds. The Hall–Kier alpha value is -0.720. The fourth-order valence-corrected chi connectivity index (χ4v) is 2.76. The zero-order valence-electron chi connectivity index (χ0n) is 10.2. The summed E-state index contributed by atoms with van der Waals surface area (Å²) in [5.41, 5.74) is 3.64. The number of hydrazine groups is 1. The molecular weight excluding hydrogens is 368 g/mol. The van der Waals surface area contributed by atoms with E-state index in [-0.39, 0.29) is 5.82 Å². The minimum absolute atomic E-state index is 0.307. The molecule has 1 aromatic carbocycles. The van der Waals surface area contributed by atoms with Crippen LogP contribution in [0.3, 0.4) is 0 Å². The predicted octanol–water partition coefficient (Wildman–Crippen LogP) is 4.04. The summed E-state index contributed by atoms with van der Waals surface area (Å²) in [6.07, 6.45) is 1.79. The van der Waals surface area contributed by atoms with E-state index in [9.17, 15) is 4.39 Å². The lowest BCUT2D eigenvalue weighted by Crippen LogP contribution is -2.30. The number of pyridine rings is 1. The van der Waals surface area contributed by atoms with E-state index in [2.05, 4.69) is 26.3 Å². The quantitative estimate of drug-likeness (QED) is 0.623. The number of hydrogen-bond acceptors (Lipinski definition) is 3. The lowest BCUT2D eigenvalue weighted by atomic mass is 10.0. The molecule has 0 saturated carbocycles. The van der Waals surface area contributed by atoms with E-state index < -0.39 is 6.04 Å². The first-order valence-corrected chi connectivity index (χ1v) is 7.27. The van der Waals surface area contributed by atoms with E-state index in [0.717, 1.165) is 4.47 Å². The van der Waals surface area contributed by atoms with Crippen molar-refractivity contribution in [3.63, 3.8) is 0 Å². The molecule has 1 atom stereocenters. The average Bonchev–Trinajstić information content (AvgIpc) is 2.40. The largest absolute Gasteiger partial charge is 0.271 e. The van der Waals surface area contributed by atoms with Gasteiger partial charge in [0.2, 0.25) is 0 Å². The lowest BCUT2D eigenvalue weighted by molar-refractivity contribution is 0.519. The molecule has 3 nitrogen and oxygen atoms in total. The fourth-order valence-electron chi connectivity index (χ4n) is 1.84. The zero-order valence-corrected chi connectivity index (χ0v) is 13.3. The molecule has 20 heavy (non-hydrogen) atoms. The van der Waals surface area contributed by atoms with E-state index in [4.69, 9.17) is 29.0 Å². The number of benzene rings is 1. The van der Waals surface area contributed by atoms with E-state index in [1.807, 2.05) is 0 Å². The van der Waals surface area contributed by atoms with Crippen molar-refractivity contribution in [2.24, 2.45) is 5.84 Å². The van der Waals surface area contributed by atoms with Crippen LogP contribution < -0.4 is 11.3 Å². The summed E-state index contributed by atoms with van der Waals surface area (Å²) in [4.78, 5) is 4.16. The highest BCUT2D eigenvalue weighted by Crippen LogP contribution is 2.27. The maximum absolute atomic E-state index is 13.8. The summed E-state index contributed by atoms with van der Waals surface area (Å²) in [5, 5.41) is 0.819. The number of nitrogens with one attached hydrogen (secondary N) is 1. The van der Waals surface area contributed by atoms with Gasteiger partial charge in [0, 0.05) is 10.7 Å². The number of nitrogens with zero attached hydrogens (tertiary/aromatic N) is 1. The highest BCUT2D eigenvalue weighted by atomic mass is 79.9. The van der Waals surface area contributed by atoms with Gasteiger partial charge in [0.15, 0.2) is 0 Å². The van der Waals surface area contributed by atoms with E-state index in [0.29, 0.717) is 27.7 Å². The van der Waals surface area contributed by atoms with Crippen molar-refractivity contribution in [3.8, 4) is 0 Å². The molecule has 1 unspecified atom stereocenters. The summed E-state index contributed by atoms with van der Waals surface area (Å²) >= 11 is 15.2. The van der Waals surface area contributed by atoms with Crippen molar-refractivity contribution in [3.05, 3.63) is 62.1 Å². The molecule has 0 aliphatic rings. The molecule has 0 aliphatic carbocycles. The normalized spacial score (nSPS) is 12.4. The van der Waals surface area contributed by atoms with E-state index in [1.54, 1.807) is 18.2 Å². The Kier molecular flexibility index (Phi) is 5.35. The van der Waals surface area contributed by atoms with Crippen molar-refractivity contribution >= 4 is 39.1 Å². The Labute approximate surface area is 134 Å². The van der Waals surface area contributed by atoms with Gasteiger partial charge in [0.1, 0.15) is 5.82 Å². The van der Waals surface area contributed by atoms with E-state index in [1.165, 1.54) is 12.3 Å². The second-order valence-corrected chi connectivity index (χ2v) is 5.94. The van der Waals surface area contributed by atoms with Gasteiger partial charge in [-0.3, -0.25) is 16.3 Å². The molecule has 0 aliphatic heterocycles. The SMILES string of the molecule is NNC(Cc1cc(Br)ccc1F)c1ncc(Cl)cc1Cl. The molecule has 0 spiro atoms.